The Balaban J connectivity index is 1.71. The number of rotatable bonds is 10. The van der Waals surface area contributed by atoms with Crippen LogP contribution in [0, 0.1) is 0 Å². The smallest absolute Gasteiger partial charge is 0.243 e. The van der Waals surface area contributed by atoms with E-state index in [1.54, 1.807) is 31.4 Å². The maximum absolute atomic E-state index is 12.6. The van der Waals surface area contributed by atoms with Crippen molar-refractivity contribution in [1.82, 2.24) is 14.3 Å². The third-order valence-corrected chi connectivity index (χ3v) is 7.03. The highest BCUT2D eigenvalue weighted by molar-refractivity contribution is 7.89. The number of hydrogen-bond donors (Lipinski definition) is 3. The lowest BCUT2D eigenvalue weighted by molar-refractivity contribution is 0.414. The summed E-state index contributed by atoms with van der Waals surface area (Å²) in [5, 5.41) is 6.33. The number of anilines is 4. The molecule has 0 aliphatic carbocycles. The van der Waals surface area contributed by atoms with E-state index in [9.17, 15) is 8.42 Å². The zero-order valence-electron chi connectivity index (χ0n) is 18.4. The molecule has 1 aromatic heterocycles. The maximum atomic E-state index is 12.6. The van der Waals surface area contributed by atoms with Crippen molar-refractivity contribution in [1.29, 1.82) is 0 Å². The van der Waals surface area contributed by atoms with Gasteiger partial charge in [-0.15, -0.1) is 0 Å². The SMILES string of the molecule is CCN(CC)S(=O)(=O)c1ccc(Nc2ncnc(NCc3ccc(OC)cc3)c2N)cc1. The molecule has 0 radical (unpaired) electrons. The zero-order chi connectivity index (χ0) is 23.1. The van der Waals surface area contributed by atoms with Crippen LogP contribution in [0.5, 0.6) is 5.75 Å². The van der Waals surface area contributed by atoms with Crippen molar-refractivity contribution in [3.8, 4) is 5.75 Å². The number of hydrogen-bond acceptors (Lipinski definition) is 8. The van der Waals surface area contributed by atoms with Crippen LogP contribution in [0.2, 0.25) is 0 Å². The Morgan fingerprint density at radius 2 is 1.59 bits per heavy atom. The van der Waals surface area contributed by atoms with E-state index in [-0.39, 0.29) is 4.90 Å². The van der Waals surface area contributed by atoms with E-state index in [1.165, 1.54) is 10.6 Å². The van der Waals surface area contributed by atoms with E-state index in [0.717, 1.165) is 11.3 Å². The summed E-state index contributed by atoms with van der Waals surface area (Å²) < 4.78 is 31.9. The fourth-order valence-electron chi connectivity index (χ4n) is 3.12. The molecule has 0 unspecified atom stereocenters. The molecule has 0 fully saturated rings. The van der Waals surface area contributed by atoms with Crippen molar-refractivity contribution >= 4 is 33.0 Å². The summed E-state index contributed by atoms with van der Waals surface area (Å²) in [5.74, 6) is 1.72. The van der Waals surface area contributed by atoms with Gasteiger partial charge >= 0.3 is 0 Å². The molecule has 170 valence electrons. The van der Waals surface area contributed by atoms with Gasteiger partial charge < -0.3 is 21.1 Å². The molecule has 0 aliphatic rings. The Kier molecular flexibility index (Phi) is 7.49. The fraction of sp³-hybridized carbons (Fsp3) is 0.273. The van der Waals surface area contributed by atoms with Crippen LogP contribution in [0.25, 0.3) is 0 Å². The lowest BCUT2D eigenvalue weighted by Gasteiger charge is -2.18. The van der Waals surface area contributed by atoms with Gasteiger partial charge in [-0.05, 0) is 42.0 Å². The van der Waals surface area contributed by atoms with Gasteiger partial charge in [-0.25, -0.2) is 18.4 Å². The van der Waals surface area contributed by atoms with Gasteiger partial charge in [-0.3, -0.25) is 0 Å². The Morgan fingerprint density at radius 1 is 0.969 bits per heavy atom. The van der Waals surface area contributed by atoms with Gasteiger partial charge in [0.15, 0.2) is 11.6 Å². The summed E-state index contributed by atoms with van der Waals surface area (Å²) >= 11 is 0. The largest absolute Gasteiger partial charge is 0.497 e. The van der Waals surface area contributed by atoms with Crippen molar-refractivity contribution in [2.45, 2.75) is 25.3 Å². The minimum absolute atomic E-state index is 0.240. The van der Waals surface area contributed by atoms with Crippen LogP contribution in [-0.4, -0.2) is 42.9 Å². The first-order valence-electron chi connectivity index (χ1n) is 10.2. The summed E-state index contributed by atoms with van der Waals surface area (Å²) in [6, 6.07) is 14.2. The number of ether oxygens (including phenoxy) is 1. The lowest BCUT2D eigenvalue weighted by atomic mass is 10.2. The predicted octanol–water partition coefficient (Wildman–Crippen LogP) is 3.45. The molecule has 0 saturated heterocycles. The molecule has 0 bridgehead atoms. The van der Waals surface area contributed by atoms with Gasteiger partial charge in [-0.2, -0.15) is 4.31 Å². The highest BCUT2D eigenvalue weighted by Gasteiger charge is 2.21. The molecule has 10 heteroatoms. The Bertz CT molecular complexity index is 1130. The van der Waals surface area contributed by atoms with Gasteiger partial charge in [0.05, 0.1) is 12.0 Å². The number of nitrogen functional groups attached to an aromatic ring is 1. The summed E-state index contributed by atoms with van der Waals surface area (Å²) in [6.45, 7) is 5.00. The predicted molar refractivity (Wildman–Crippen MR) is 127 cm³/mol. The van der Waals surface area contributed by atoms with Crippen LogP contribution in [0.3, 0.4) is 0 Å². The fourth-order valence-corrected chi connectivity index (χ4v) is 4.58. The van der Waals surface area contributed by atoms with Gasteiger partial charge in [0.1, 0.15) is 17.8 Å². The van der Waals surface area contributed by atoms with Gasteiger partial charge in [0, 0.05) is 25.3 Å². The molecular weight excluding hydrogens is 428 g/mol. The second kappa shape index (κ2) is 10.3. The first-order chi connectivity index (χ1) is 15.4. The van der Waals surface area contributed by atoms with Gasteiger partial charge in [0.25, 0.3) is 0 Å². The first kappa shape index (κ1) is 23.3. The normalized spacial score (nSPS) is 11.4. The Labute approximate surface area is 188 Å². The number of nitrogens with two attached hydrogens (primary N) is 1. The van der Waals surface area contributed by atoms with Crippen LogP contribution in [0.4, 0.5) is 23.0 Å². The first-order valence-corrected chi connectivity index (χ1v) is 11.7. The molecule has 2 aromatic carbocycles. The molecule has 0 atom stereocenters. The lowest BCUT2D eigenvalue weighted by Crippen LogP contribution is -2.30. The topological polar surface area (TPSA) is 122 Å². The summed E-state index contributed by atoms with van der Waals surface area (Å²) in [5.41, 5.74) is 8.31. The third kappa shape index (κ3) is 5.27. The third-order valence-electron chi connectivity index (χ3n) is 4.96. The number of aromatic nitrogens is 2. The van der Waals surface area contributed by atoms with E-state index < -0.39 is 10.0 Å². The average Bonchev–Trinajstić information content (AvgIpc) is 2.81. The average molecular weight is 457 g/mol. The summed E-state index contributed by atoms with van der Waals surface area (Å²) in [7, 11) is -1.88. The number of benzene rings is 2. The van der Waals surface area contributed by atoms with Crippen LogP contribution in [0.1, 0.15) is 19.4 Å². The van der Waals surface area contributed by atoms with Crippen molar-refractivity contribution in [2.24, 2.45) is 0 Å². The van der Waals surface area contributed by atoms with E-state index in [2.05, 4.69) is 20.6 Å². The molecule has 3 aromatic rings. The Hall–Kier alpha value is -3.37. The van der Waals surface area contributed by atoms with Crippen molar-refractivity contribution in [3.63, 3.8) is 0 Å². The van der Waals surface area contributed by atoms with Gasteiger partial charge in [-0.1, -0.05) is 26.0 Å². The summed E-state index contributed by atoms with van der Waals surface area (Å²) in [6.07, 6.45) is 1.41. The van der Waals surface area contributed by atoms with Crippen molar-refractivity contribution < 1.29 is 13.2 Å². The monoisotopic (exact) mass is 456 g/mol. The molecule has 3 rings (SSSR count). The maximum Gasteiger partial charge on any atom is 0.243 e. The minimum Gasteiger partial charge on any atom is -0.497 e. The zero-order valence-corrected chi connectivity index (χ0v) is 19.2. The molecular formula is C22H28N6O3S. The quantitative estimate of drug-likeness (QED) is 0.424. The molecule has 32 heavy (non-hydrogen) atoms. The van der Waals surface area contributed by atoms with E-state index in [0.29, 0.717) is 42.6 Å². The molecule has 0 spiro atoms. The van der Waals surface area contributed by atoms with E-state index in [1.807, 2.05) is 38.1 Å². The molecule has 9 nitrogen and oxygen atoms in total. The van der Waals surface area contributed by atoms with Crippen LogP contribution >= 0.6 is 0 Å². The standard InChI is InChI=1S/C22H28N6O3S/c1-4-28(5-2)32(29,30)19-12-8-17(9-13-19)27-22-20(23)21(25-15-26-22)24-14-16-6-10-18(31-3)11-7-16/h6-13,15H,4-5,14,23H2,1-3H3,(H2,24,25,26,27). The van der Waals surface area contributed by atoms with Crippen molar-refractivity contribution in [3.05, 3.63) is 60.4 Å². The number of nitrogens with one attached hydrogen (secondary N) is 2. The Morgan fingerprint density at radius 3 is 2.19 bits per heavy atom. The highest BCUT2D eigenvalue weighted by atomic mass is 32.2. The molecule has 0 aliphatic heterocycles. The minimum atomic E-state index is -3.51. The van der Waals surface area contributed by atoms with Crippen molar-refractivity contribution in [2.75, 3.05) is 36.6 Å². The number of sulfonamides is 1. The molecule has 0 saturated carbocycles. The number of nitrogens with zero attached hydrogens (tertiary/aromatic N) is 3. The number of methoxy groups -OCH3 is 1. The van der Waals surface area contributed by atoms with Crippen LogP contribution in [0.15, 0.2) is 59.8 Å². The highest BCUT2D eigenvalue weighted by Crippen LogP contribution is 2.27. The van der Waals surface area contributed by atoms with Gasteiger partial charge in [0.2, 0.25) is 10.0 Å². The molecule has 1 heterocycles. The van der Waals surface area contributed by atoms with E-state index >= 15 is 0 Å². The molecule has 0 amide bonds. The molecule has 4 N–H and O–H groups in total. The van der Waals surface area contributed by atoms with E-state index in [4.69, 9.17) is 10.5 Å². The second-order valence-corrected chi connectivity index (χ2v) is 8.86. The summed E-state index contributed by atoms with van der Waals surface area (Å²) in [4.78, 5) is 8.66. The van der Waals surface area contributed by atoms with Crippen LogP contribution in [-0.2, 0) is 16.6 Å². The second-order valence-electron chi connectivity index (χ2n) is 6.92. The van der Waals surface area contributed by atoms with Crippen LogP contribution < -0.4 is 21.1 Å².